The zero-order valence-corrected chi connectivity index (χ0v) is 18.2. The fourth-order valence-electron chi connectivity index (χ4n) is 2.36. The molecule has 1 fully saturated rings. The Labute approximate surface area is 136 Å². The third kappa shape index (κ3) is 5.61. The fraction of sp³-hybridized carbons (Fsp3) is 0.600. The molecule has 0 saturated carbocycles. The van der Waals surface area contributed by atoms with Crippen molar-refractivity contribution in [1.82, 2.24) is 0 Å². The summed E-state index contributed by atoms with van der Waals surface area (Å²) in [6.45, 7) is 3.35. The van der Waals surface area contributed by atoms with E-state index < -0.39 is 23.3 Å². The van der Waals surface area contributed by atoms with Gasteiger partial charge in [-0.05, 0) is 0 Å². The van der Waals surface area contributed by atoms with E-state index in [0.29, 0.717) is 13.2 Å². The monoisotopic (exact) mass is 486 g/mol. The van der Waals surface area contributed by atoms with Gasteiger partial charge in [0.15, 0.2) is 0 Å². The van der Waals surface area contributed by atoms with Crippen LogP contribution in [-0.2, 0) is 44.2 Å². The van der Waals surface area contributed by atoms with Crippen molar-refractivity contribution >= 4 is 8.25 Å². The molecule has 3 atom stereocenters. The predicted molar refractivity (Wildman–Crippen MR) is 75.2 cm³/mol. The Morgan fingerprint density at radius 1 is 1.25 bits per heavy atom. The molecule has 5 heteroatoms. The Morgan fingerprint density at radius 3 is 2.70 bits per heavy atom. The zero-order chi connectivity index (χ0) is 14.2. The van der Waals surface area contributed by atoms with E-state index in [1.807, 2.05) is 18.2 Å². The molecule has 0 spiro atoms. The molecule has 20 heavy (non-hydrogen) atoms. The van der Waals surface area contributed by atoms with Gasteiger partial charge in [0.05, 0.1) is 0 Å². The molecular formula is C15H21ClHgO3. The van der Waals surface area contributed by atoms with Crippen LogP contribution in [0, 0.1) is 0 Å². The van der Waals surface area contributed by atoms with Crippen LogP contribution < -0.4 is 0 Å². The van der Waals surface area contributed by atoms with Gasteiger partial charge in [0.25, 0.3) is 0 Å². The second-order valence-electron chi connectivity index (χ2n) is 5.07. The first kappa shape index (κ1) is 16.7. The van der Waals surface area contributed by atoms with Gasteiger partial charge in [0.2, 0.25) is 0 Å². The van der Waals surface area contributed by atoms with E-state index in [1.165, 1.54) is 5.56 Å². The van der Waals surface area contributed by atoms with Gasteiger partial charge in [0, 0.05) is 0 Å². The van der Waals surface area contributed by atoms with Crippen LogP contribution in [0.15, 0.2) is 30.3 Å². The first-order chi connectivity index (χ1) is 9.81. The molecule has 0 aromatic heterocycles. The van der Waals surface area contributed by atoms with Gasteiger partial charge < -0.3 is 0 Å². The molecule has 1 saturated heterocycles. The predicted octanol–water partition coefficient (Wildman–Crippen LogP) is 3.77. The molecule has 1 aliphatic rings. The number of rotatable bonds is 7. The van der Waals surface area contributed by atoms with E-state index in [1.54, 1.807) is 0 Å². The number of hydrogen-bond acceptors (Lipinski definition) is 3. The molecule has 0 N–H and O–H groups in total. The Kier molecular flexibility index (Phi) is 7.82. The number of ether oxygens (including phenoxy) is 3. The molecule has 1 aliphatic heterocycles. The molecular weight excluding hydrogens is 464 g/mol. The molecule has 2 rings (SSSR count). The summed E-state index contributed by atoms with van der Waals surface area (Å²) < 4.78 is 18.6. The topological polar surface area (TPSA) is 27.7 Å². The first-order valence-electron chi connectivity index (χ1n) is 7.30. The van der Waals surface area contributed by atoms with Crippen LogP contribution in [0.4, 0.5) is 0 Å². The molecule has 0 aliphatic carbocycles. The number of halogens is 1. The zero-order valence-electron chi connectivity index (χ0n) is 12.0. The molecule has 1 aromatic carbocycles. The Bertz CT molecular complexity index is 377. The summed E-state index contributed by atoms with van der Waals surface area (Å²) in [6, 6.07) is 10.2. The van der Waals surface area contributed by atoms with Crippen LogP contribution in [0.1, 0.15) is 25.3 Å². The van der Waals surface area contributed by atoms with Crippen molar-refractivity contribution in [3.8, 4) is 0 Å². The van der Waals surface area contributed by atoms with Crippen molar-refractivity contribution in [2.75, 3.05) is 6.61 Å². The Morgan fingerprint density at radius 2 is 2.00 bits per heavy atom. The third-order valence-electron chi connectivity index (χ3n) is 3.39. The van der Waals surface area contributed by atoms with Crippen LogP contribution in [0.3, 0.4) is 0 Å². The van der Waals surface area contributed by atoms with Crippen LogP contribution in [0.2, 0.25) is 3.93 Å². The van der Waals surface area contributed by atoms with E-state index in [9.17, 15) is 0 Å². The van der Waals surface area contributed by atoms with Crippen LogP contribution in [0.5, 0.6) is 0 Å². The van der Waals surface area contributed by atoms with Gasteiger partial charge in [-0.2, -0.15) is 0 Å². The fourth-order valence-corrected chi connectivity index (χ4v) is 6.88. The van der Waals surface area contributed by atoms with Crippen molar-refractivity contribution in [3.05, 3.63) is 35.9 Å². The maximum absolute atomic E-state index is 6.03. The quantitative estimate of drug-likeness (QED) is 0.551. The van der Waals surface area contributed by atoms with E-state index in [-0.39, 0.29) is 18.5 Å². The van der Waals surface area contributed by atoms with Gasteiger partial charge in [0.1, 0.15) is 0 Å². The van der Waals surface area contributed by atoms with Crippen LogP contribution >= 0.6 is 8.25 Å². The van der Waals surface area contributed by atoms with E-state index in [0.717, 1.165) is 16.8 Å². The molecule has 0 radical (unpaired) electrons. The molecule has 3 nitrogen and oxygen atoms in total. The number of hydrogen-bond donors (Lipinski definition) is 0. The summed E-state index contributed by atoms with van der Waals surface area (Å²) in [5, 5.41) is 0. The summed E-state index contributed by atoms with van der Waals surface area (Å²) in [4.78, 5) is 0. The van der Waals surface area contributed by atoms with Crippen molar-refractivity contribution in [1.29, 1.82) is 0 Å². The Balaban J connectivity index is 1.76. The van der Waals surface area contributed by atoms with Crippen molar-refractivity contribution < 1.29 is 37.6 Å². The molecule has 0 bridgehead atoms. The van der Waals surface area contributed by atoms with Crippen molar-refractivity contribution in [3.63, 3.8) is 0 Å². The van der Waals surface area contributed by atoms with E-state index in [4.69, 9.17) is 22.5 Å². The summed E-state index contributed by atoms with van der Waals surface area (Å²) in [7, 11) is 6.03. The summed E-state index contributed by atoms with van der Waals surface area (Å²) in [6.07, 6.45) is 2.14. The van der Waals surface area contributed by atoms with Gasteiger partial charge >= 0.3 is 137 Å². The summed E-state index contributed by atoms with van der Waals surface area (Å²) in [5.41, 5.74) is 1.20. The van der Waals surface area contributed by atoms with Gasteiger partial charge in [-0.3, -0.25) is 0 Å². The minimum atomic E-state index is -1.16. The molecule has 1 aromatic rings. The van der Waals surface area contributed by atoms with Gasteiger partial charge in [-0.15, -0.1) is 0 Å². The van der Waals surface area contributed by atoms with Crippen LogP contribution in [0.25, 0.3) is 0 Å². The average molecular weight is 485 g/mol. The summed E-state index contributed by atoms with van der Waals surface area (Å²) in [5.74, 6) is 0. The average Bonchev–Trinajstić information content (AvgIpc) is 2.48. The van der Waals surface area contributed by atoms with Gasteiger partial charge in [-0.25, -0.2) is 0 Å². The second kappa shape index (κ2) is 9.36. The molecule has 1 heterocycles. The summed E-state index contributed by atoms with van der Waals surface area (Å²) >= 11 is -1.16. The first-order valence-corrected chi connectivity index (χ1v) is 18.0. The van der Waals surface area contributed by atoms with Gasteiger partial charge in [-0.1, -0.05) is 0 Å². The van der Waals surface area contributed by atoms with E-state index in [2.05, 4.69) is 19.1 Å². The number of benzene rings is 1. The molecule has 0 amide bonds. The molecule has 0 unspecified atom stereocenters. The molecule has 108 valence electrons. The second-order valence-corrected chi connectivity index (χ2v) is 12.1. The maximum atomic E-state index is 6.03. The SMILES string of the molecule is CC[C@@H]1O[C@H]([CH2][Hg][Cl])C[C@H](COCc2ccccc2)O1. The normalized spacial score (nSPS) is 26.2. The van der Waals surface area contributed by atoms with Crippen molar-refractivity contribution in [2.45, 2.75) is 48.8 Å². The third-order valence-corrected chi connectivity index (χ3v) is 8.66. The minimum absolute atomic E-state index is 0.0873. The standard InChI is InChI=1S/C15H21O3.ClH.Hg/c1-3-15-17-12(2)9-14(18-15)11-16-10-13-7-5-4-6-8-13;;/h4-8,12,14-15H,2-3,9-11H2,1H3;1H;/q;;+1/p-1/t12-,14-,15-;;/m1../s1. The van der Waals surface area contributed by atoms with E-state index >= 15 is 0 Å². The van der Waals surface area contributed by atoms with Crippen molar-refractivity contribution in [2.24, 2.45) is 0 Å². The van der Waals surface area contributed by atoms with Crippen LogP contribution in [-0.4, -0.2) is 25.1 Å². The Hall–Kier alpha value is 0.325.